The molecule has 0 spiro atoms. The van der Waals surface area contributed by atoms with Crippen LogP contribution < -0.4 is 5.32 Å². The van der Waals surface area contributed by atoms with Crippen molar-refractivity contribution >= 4 is 5.91 Å². The Hall–Kier alpha value is -1.39. The third-order valence-electron chi connectivity index (χ3n) is 3.98. The van der Waals surface area contributed by atoms with Crippen molar-refractivity contribution in [1.82, 2.24) is 10.2 Å². The van der Waals surface area contributed by atoms with Crippen LogP contribution in [0, 0.1) is 5.92 Å². The number of carbonyl (C=O) groups excluding carboxylic acids is 1. The van der Waals surface area contributed by atoms with E-state index >= 15 is 0 Å². The lowest BCUT2D eigenvalue weighted by Crippen LogP contribution is -2.34. The molecule has 21 heavy (non-hydrogen) atoms. The van der Waals surface area contributed by atoms with Gasteiger partial charge in [0.2, 0.25) is 5.91 Å². The fourth-order valence-corrected chi connectivity index (χ4v) is 2.64. The van der Waals surface area contributed by atoms with Crippen LogP contribution >= 0.6 is 0 Å². The van der Waals surface area contributed by atoms with Crippen LogP contribution in [0.4, 0.5) is 0 Å². The summed E-state index contributed by atoms with van der Waals surface area (Å²) < 4.78 is 5.43. The van der Waals surface area contributed by atoms with Crippen molar-refractivity contribution in [1.29, 1.82) is 0 Å². The van der Waals surface area contributed by atoms with Gasteiger partial charge in [-0.05, 0) is 38.3 Å². The monoisotopic (exact) mass is 290 g/mol. The molecule has 1 amide bonds. The van der Waals surface area contributed by atoms with E-state index in [9.17, 15) is 4.79 Å². The fraction of sp³-hybridized carbons (Fsp3) is 0.588. The quantitative estimate of drug-likeness (QED) is 0.835. The highest BCUT2D eigenvalue weighted by atomic mass is 16.5. The molecule has 4 heteroatoms. The van der Waals surface area contributed by atoms with Crippen LogP contribution in [0.15, 0.2) is 30.3 Å². The third-order valence-corrected chi connectivity index (χ3v) is 3.98. The molecule has 1 aliphatic rings. The molecule has 0 unspecified atom stereocenters. The predicted molar refractivity (Wildman–Crippen MR) is 83.9 cm³/mol. The van der Waals surface area contributed by atoms with Crippen molar-refractivity contribution in [2.75, 3.05) is 26.2 Å². The number of carbonyl (C=O) groups is 1. The largest absolute Gasteiger partial charge is 0.367 e. The smallest absolute Gasteiger partial charge is 0.246 e. The second kappa shape index (κ2) is 8.15. The van der Waals surface area contributed by atoms with Gasteiger partial charge in [0.15, 0.2) is 0 Å². The minimum atomic E-state index is -0.0195. The minimum Gasteiger partial charge on any atom is -0.367 e. The molecule has 1 aromatic carbocycles. The average molecular weight is 290 g/mol. The molecule has 4 nitrogen and oxygen atoms in total. The van der Waals surface area contributed by atoms with E-state index in [0.29, 0.717) is 18.6 Å². The molecular formula is C17H26N2O2. The van der Waals surface area contributed by atoms with Gasteiger partial charge < -0.3 is 15.0 Å². The number of hydrogen-bond acceptors (Lipinski definition) is 3. The van der Waals surface area contributed by atoms with Gasteiger partial charge in [-0.1, -0.05) is 30.3 Å². The maximum absolute atomic E-state index is 11.8. The molecule has 1 atom stereocenters. The second-order valence-corrected chi connectivity index (χ2v) is 6.03. The molecule has 0 radical (unpaired) electrons. The SMILES string of the molecule is CC(C)N1CC[C@H](CNC(=O)COCc2ccccc2)C1. The van der Waals surface area contributed by atoms with Crippen molar-refractivity contribution in [3.63, 3.8) is 0 Å². The zero-order valence-electron chi connectivity index (χ0n) is 13.0. The van der Waals surface area contributed by atoms with E-state index in [1.807, 2.05) is 30.3 Å². The molecule has 1 aliphatic heterocycles. The van der Waals surface area contributed by atoms with Gasteiger partial charge in [0.1, 0.15) is 6.61 Å². The molecule has 0 saturated carbocycles. The van der Waals surface area contributed by atoms with Crippen LogP contribution in [-0.4, -0.2) is 43.1 Å². The van der Waals surface area contributed by atoms with Gasteiger partial charge in [0.25, 0.3) is 0 Å². The Balaban J connectivity index is 1.58. The Labute approximate surface area is 127 Å². The van der Waals surface area contributed by atoms with E-state index < -0.39 is 0 Å². The number of hydrogen-bond donors (Lipinski definition) is 1. The molecule has 1 heterocycles. The maximum atomic E-state index is 11.8. The first kappa shape index (κ1) is 16.0. The van der Waals surface area contributed by atoms with Crippen LogP contribution in [0.2, 0.25) is 0 Å². The van der Waals surface area contributed by atoms with Crippen LogP contribution in [0.25, 0.3) is 0 Å². The van der Waals surface area contributed by atoms with Crippen molar-refractivity contribution in [3.05, 3.63) is 35.9 Å². The predicted octanol–water partition coefficient (Wildman–Crippen LogP) is 2.05. The molecule has 0 bridgehead atoms. The van der Waals surface area contributed by atoms with Crippen molar-refractivity contribution in [2.45, 2.75) is 32.9 Å². The molecule has 1 fully saturated rings. The molecule has 1 aromatic rings. The molecule has 0 aliphatic carbocycles. The lowest BCUT2D eigenvalue weighted by atomic mass is 10.1. The summed E-state index contributed by atoms with van der Waals surface area (Å²) in [5.41, 5.74) is 1.09. The molecule has 116 valence electrons. The number of amides is 1. The first-order valence-corrected chi connectivity index (χ1v) is 7.77. The van der Waals surface area contributed by atoms with Gasteiger partial charge in [0.05, 0.1) is 6.61 Å². The topological polar surface area (TPSA) is 41.6 Å². The fourth-order valence-electron chi connectivity index (χ4n) is 2.64. The van der Waals surface area contributed by atoms with E-state index in [4.69, 9.17) is 4.74 Å². The number of nitrogens with one attached hydrogen (secondary N) is 1. The van der Waals surface area contributed by atoms with Gasteiger partial charge >= 0.3 is 0 Å². The zero-order valence-corrected chi connectivity index (χ0v) is 13.0. The Kier molecular flexibility index (Phi) is 6.21. The van der Waals surface area contributed by atoms with E-state index in [1.54, 1.807) is 0 Å². The number of nitrogens with zero attached hydrogens (tertiary/aromatic N) is 1. The van der Waals surface area contributed by atoms with Gasteiger partial charge in [0, 0.05) is 19.1 Å². The summed E-state index contributed by atoms with van der Waals surface area (Å²) in [5, 5.41) is 2.98. The van der Waals surface area contributed by atoms with Crippen molar-refractivity contribution in [3.8, 4) is 0 Å². The van der Waals surface area contributed by atoms with Crippen LogP contribution in [0.1, 0.15) is 25.8 Å². The molecular weight excluding hydrogens is 264 g/mol. The summed E-state index contributed by atoms with van der Waals surface area (Å²) in [6, 6.07) is 10.5. The lowest BCUT2D eigenvalue weighted by molar-refractivity contribution is -0.126. The van der Waals surface area contributed by atoms with Crippen molar-refractivity contribution in [2.24, 2.45) is 5.92 Å². The zero-order chi connectivity index (χ0) is 15.1. The summed E-state index contributed by atoms with van der Waals surface area (Å²) in [6.07, 6.45) is 1.17. The van der Waals surface area contributed by atoms with Crippen LogP contribution in [0.3, 0.4) is 0 Å². The summed E-state index contributed by atoms with van der Waals surface area (Å²) in [4.78, 5) is 14.2. The molecule has 0 aromatic heterocycles. The third kappa shape index (κ3) is 5.48. The van der Waals surface area contributed by atoms with Gasteiger partial charge in [-0.3, -0.25) is 4.79 Å². The lowest BCUT2D eigenvalue weighted by Gasteiger charge is -2.20. The second-order valence-electron chi connectivity index (χ2n) is 6.03. The molecule has 2 rings (SSSR count). The van der Waals surface area contributed by atoms with Gasteiger partial charge in [-0.2, -0.15) is 0 Å². The maximum Gasteiger partial charge on any atom is 0.246 e. The summed E-state index contributed by atoms with van der Waals surface area (Å²) >= 11 is 0. The summed E-state index contributed by atoms with van der Waals surface area (Å²) in [5.74, 6) is 0.555. The Morgan fingerprint density at radius 3 is 2.81 bits per heavy atom. The minimum absolute atomic E-state index is 0.0195. The number of ether oxygens (including phenoxy) is 1. The molecule has 1 saturated heterocycles. The average Bonchev–Trinajstić information content (AvgIpc) is 2.95. The van der Waals surface area contributed by atoms with Gasteiger partial charge in [-0.15, -0.1) is 0 Å². The van der Waals surface area contributed by atoms with Crippen LogP contribution in [0.5, 0.6) is 0 Å². The number of likely N-dealkylation sites (tertiary alicyclic amines) is 1. The number of rotatable bonds is 7. The summed E-state index contributed by atoms with van der Waals surface area (Å²) in [7, 11) is 0. The highest BCUT2D eigenvalue weighted by molar-refractivity contribution is 5.77. The Morgan fingerprint density at radius 2 is 2.14 bits per heavy atom. The molecule has 1 N–H and O–H groups in total. The van der Waals surface area contributed by atoms with Crippen molar-refractivity contribution < 1.29 is 9.53 Å². The Morgan fingerprint density at radius 1 is 1.38 bits per heavy atom. The number of benzene rings is 1. The van der Waals surface area contributed by atoms with E-state index in [2.05, 4.69) is 24.1 Å². The normalized spacial score (nSPS) is 19.1. The standard InChI is InChI=1S/C17H26N2O2/c1-14(2)19-9-8-16(11-19)10-18-17(20)13-21-12-15-6-4-3-5-7-15/h3-7,14,16H,8-13H2,1-2H3,(H,18,20)/t16-/m1/s1. The summed E-state index contributed by atoms with van der Waals surface area (Å²) in [6.45, 7) is 8.05. The highest BCUT2D eigenvalue weighted by Gasteiger charge is 2.24. The first-order chi connectivity index (χ1) is 10.1. The first-order valence-electron chi connectivity index (χ1n) is 7.77. The van der Waals surface area contributed by atoms with E-state index in [0.717, 1.165) is 25.2 Å². The van der Waals surface area contributed by atoms with Crippen LogP contribution in [-0.2, 0) is 16.1 Å². The Bertz CT molecular complexity index is 434. The van der Waals surface area contributed by atoms with Gasteiger partial charge in [-0.25, -0.2) is 0 Å². The van der Waals surface area contributed by atoms with E-state index in [-0.39, 0.29) is 12.5 Å². The van der Waals surface area contributed by atoms with E-state index in [1.165, 1.54) is 6.42 Å². The highest BCUT2D eigenvalue weighted by Crippen LogP contribution is 2.17.